The van der Waals surface area contributed by atoms with Crippen molar-refractivity contribution >= 4 is 46.7 Å². The van der Waals surface area contributed by atoms with Crippen LogP contribution in [0.3, 0.4) is 0 Å². The van der Waals surface area contributed by atoms with E-state index in [2.05, 4.69) is 5.32 Å². The van der Waals surface area contributed by atoms with E-state index in [1.165, 1.54) is 12.1 Å². The average Bonchev–Trinajstić information content (AvgIpc) is 2.96. The van der Waals surface area contributed by atoms with Gasteiger partial charge in [0.2, 0.25) is 11.8 Å². The molecule has 1 aromatic rings. The summed E-state index contributed by atoms with van der Waals surface area (Å²) in [6.45, 7) is -0.750. The summed E-state index contributed by atoms with van der Waals surface area (Å²) in [6.07, 6.45) is 2.97. The second kappa shape index (κ2) is 9.21. The van der Waals surface area contributed by atoms with Crippen molar-refractivity contribution in [1.82, 2.24) is 4.90 Å². The van der Waals surface area contributed by atoms with Gasteiger partial charge in [-0.3, -0.25) is 34.2 Å². The SMILES string of the molecule is O=C(COC(=O)CCN1C(=O)[C@H]2CCCC[C@@H]2C1=O)Nc1ccc(Cl)cc1[N+](=O)[O-]. The van der Waals surface area contributed by atoms with Crippen LogP contribution in [0.4, 0.5) is 11.4 Å². The van der Waals surface area contributed by atoms with Crippen molar-refractivity contribution in [3.63, 3.8) is 0 Å². The number of imide groups is 1. The smallest absolute Gasteiger partial charge is 0.308 e. The largest absolute Gasteiger partial charge is 0.456 e. The zero-order valence-electron chi connectivity index (χ0n) is 16.0. The van der Waals surface area contributed by atoms with E-state index in [9.17, 15) is 29.3 Å². The summed E-state index contributed by atoms with van der Waals surface area (Å²) >= 11 is 5.71. The number of rotatable bonds is 7. The predicted octanol–water partition coefficient (Wildman–Crippen LogP) is 2.30. The van der Waals surface area contributed by atoms with Gasteiger partial charge < -0.3 is 10.1 Å². The minimum atomic E-state index is -0.770. The number of likely N-dealkylation sites (tertiary alicyclic amines) is 1. The Morgan fingerprint density at radius 2 is 1.83 bits per heavy atom. The number of ether oxygens (including phenoxy) is 1. The number of esters is 1. The molecule has 1 aromatic carbocycles. The standard InChI is InChI=1S/C19H20ClN3O7/c20-11-5-6-14(15(9-11)23(28)29)21-16(24)10-30-17(25)7-8-22-18(26)12-3-1-2-4-13(12)19(22)27/h5-6,9,12-13H,1-4,7-8,10H2,(H,21,24)/t12-,13-/m0/s1. The van der Waals surface area contributed by atoms with E-state index in [0.29, 0.717) is 12.8 Å². The second-order valence-electron chi connectivity index (χ2n) is 7.20. The van der Waals surface area contributed by atoms with Crippen molar-refractivity contribution in [2.24, 2.45) is 11.8 Å². The van der Waals surface area contributed by atoms with Gasteiger partial charge in [0.1, 0.15) is 5.69 Å². The molecule has 0 unspecified atom stereocenters. The van der Waals surface area contributed by atoms with Crippen LogP contribution in [0, 0.1) is 22.0 Å². The molecule has 3 rings (SSSR count). The van der Waals surface area contributed by atoms with Gasteiger partial charge >= 0.3 is 5.97 Å². The first-order chi connectivity index (χ1) is 14.3. The highest BCUT2D eigenvalue weighted by Crippen LogP contribution is 2.38. The number of hydrogen-bond acceptors (Lipinski definition) is 7. The van der Waals surface area contributed by atoms with Crippen molar-refractivity contribution in [2.45, 2.75) is 32.1 Å². The zero-order valence-corrected chi connectivity index (χ0v) is 16.7. The van der Waals surface area contributed by atoms with Gasteiger partial charge in [0.15, 0.2) is 6.61 Å². The maximum Gasteiger partial charge on any atom is 0.308 e. The third-order valence-electron chi connectivity index (χ3n) is 5.27. The molecule has 160 valence electrons. The van der Waals surface area contributed by atoms with Gasteiger partial charge in [0.25, 0.3) is 11.6 Å². The average molecular weight is 438 g/mol. The Morgan fingerprint density at radius 1 is 1.20 bits per heavy atom. The summed E-state index contributed by atoms with van der Waals surface area (Å²) < 4.78 is 4.85. The van der Waals surface area contributed by atoms with Crippen LogP contribution in [-0.4, -0.2) is 46.7 Å². The maximum absolute atomic E-state index is 12.4. The number of carbonyl (C=O) groups is 4. The van der Waals surface area contributed by atoms with Crippen LogP contribution in [0.15, 0.2) is 18.2 Å². The highest BCUT2D eigenvalue weighted by atomic mass is 35.5. The molecule has 1 N–H and O–H groups in total. The van der Waals surface area contributed by atoms with E-state index in [0.717, 1.165) is 23.8 Å². The predicted molar refractivity (Wildman–Crippen MR) is 104 cm³/mol. The molecule has 2 aliphatic rings. The number of benzene rings is 1. The summed E-state index contributed by atoms with van der Waals surface area (Å²) in [5.74, 6) is -2.60. The molecule has 1 saturated carbocycles. The number of carbonyl (C=O) groups excluding carboxylic acids is 4. The van der Waals surface area contributed by atoms with Crippen LogP contribution in [0.5, 0.6) is 0 Å². The van der Waals surface area contributed by atoms with Gasteiger partial charge in [0, 0.05) is 17.6 Å². The van der Waals surface area contributed by atoms with E-state index in [1.54, 1.807) is 0 Å². The molecule has 0 bridgehead atoms. The number of nitrogens with zero attached hydrogens (tertiary/aromatic N) is 2. The molecule has 0 spiro atoms. The van der Waals surface area contributed by atoms with Gasteiger partial charge in [0.05, 0.1) is 23.2 Å². The number of nitrogens with one attached hydrogen (secondary N) is 1. The molecule has 10 nitrogen and oxygen atoms in total. The van der Waals surface area contributed by atoms with Crippen LogP contribution in [0.1, 0.15) is 32.1 Å². The van der Waals surface area contributed by atoms with E-state index in [4.69, 9.17) is 16.3 Å². The summed E-state index contributed by atoms with van der Waals surface area (Å²) in [5.41, 5.74) is -0.476. The van der Waals surface area contributed by atoms with Gasteiger partial charge in [-0.25, -0.2) is 0 Å². The lowest BCUT2D eigenvalue weighted by atomic mass is 9.81. The molecule has 0 aromatic heterocycles. The monoisotopic (exact) mass is 437 g/mol. The number of nitro benzene ring substituents is 1. The molecule has 2 fully saturated rings. The Hall–Kier alpha value is -3.01. The van der Waals surface area contributed by atoms with Crippen LogP contribution in [0.25, 0.3) is 0 Å². The van der Waals surface area contributed by atoms with E-state index in [-0.39, 0.29) is 47.3 Å². The number of anilines is 1. The number of amides is 3. The normalized spacial score (nSPS) is 20.6. The third kappa shape index (κ3) is 4.76. The lowest BCUT2D eigenvalue weighted by molar-refractivity contribution is -0.383. The molecular formula is C19H20ClN3O7. The molecule has 2 atom stereocenters. The molecule has 30 heavy (non-hydrogen) atoms. The lowest BCUT2D eigenvalue weighted by Gasteiger charge is -2.19. The van der Waals surface area contributed by atoms with Crippen molar-refractivity contribution in [2.75, 3.05) is 18.5 Å². The Morgan fingerprint density at radius 3 is 2.43 bits per heavy atom. The lowest BCUT2D eigenvalue weighted by Crippen LogP contribution is -2.33. The molecule has 1 saturated heterocycles. The minimum absolute atomic E-state index is 0.0821. The minimum Gasteiger partial charge on any atom is -0.456 e. The molecule has 0 radical (unpaired) electrons. The number of nitro groups is 1. The highest BCUT2D eigenvalue weighted by molar-refractivity contribution is 6.31. The van der Waals surface area contributed by atoms with Gasteiger partial charge in [-0.15, -0.1) is 0 Å². The molecular weight excluding hydrogens is 418 g/mol. The Labute approximate surface area is 176 Å². The van der Waals surface area contributed by atoms with Crippen molar-refractivity contribution in [1.29, 1.82) is 0 Å². The highest BCUT2D eigenvalue weighted by Gasteiger charge is 2.47. The Balaban J connectivity index is 1.47. The fourth-order valence-corrected chi connectivity index (χ4v) is 3.99. The van der Waals surface area contributed by atoms with Gasteiger partial charge in [-0.05, 0) is 25.0 Å². The fourth-order valence-electron chi connectivity index (χ4n) is 3.82. The van der Waals surface area contributed by atoms with Gasteiger partial charge in [-0.2, -0.15) is 0 Å². The second-order valence-corrected chi connectivity index (χ2v) is 7.64. The third-order valence-corrected chi connectivity index (χ3v) is 5.50. The zero-order chi connectivity index (χ0) is 21.8. The van der Waals surface area contributed by atoms with Crippen LogP contribution >= 0.6 is 11.6 Å². The first kappa shape index (κ1) is 21.7. The van der Waals surface area contributed by atoms with Crippen molar-refractivity contribution in [3.8, 4) is 0 Å². The van der Waals surface area contributed by atoms with E-state index < -0.39 is 29.1 Å². The van der Waals surface area contributed by atoms with Crippen LogP contribution in [0.2, 0.25) is 5.02 Å². The molecule has 3 amide bonds. The summed E-state index contributed by atoms with van der Waals surface area (Å²) in [4.78, 5) is 60.1. The number of fused-ring (bicyclic) bond motifs is 1. The molecule has 1 aliphatic heterocycles. The van der Waals surface area contributed by atoms with Crippen molar-refractivity contribution in [3.05, 3.63) is 33.3 Å². The summed E-state index contributed by atoms with van der Waals surface area (Å²) in [7, 11) is 0. The fraction of sp³-hybridized carbons (Fsp3) is 0.474. The molecule has 11 heteroatoms. The Kier molecular flexibility index (Phi) is 6.66. The maximum atomic E-state index is 12.4. The first-order valence-corrected chi connectivity index (χ1v) is 9.90. The topological polar surface area (TPSA) is 136 Å². The van der Waals surface area contributed by atoms with E-state index in [1.807, 2.05) is 0 Å². The van der Waals surface area contributed by atoms with Crippen molar-refractivity contribution < 1.29 is 28.8 Å². The molecule has 1 aliphatic carbocycles. The van der Waals surface area contributed by atoms with Crippen LogP contribution < -0.4 is 5.32 Å². The quantitative estimate of drug-likeness (QED) is 0.299. The first-order valence-electron chi connectivity index (χ1n) is 9.52. The summed E-state index contributed by atoms with van der Waals surface area (Å²) in [6, 6.07) is 3.73. The van der Waals surface area contributed by atoms with Gasteiger partial charge in [-0.1, -0.05) is 24.4 Å². The molecule has 1 heterocycles. The Bertz CT molecular complexity index is 880. The van der Waals surface area contributed by atoms with Crippen LogP contribution in [-0.2, 0) is 23.9 Å². The number of hydrogen-bond donors (Lipinski definition) is 1. The van der Waals surface area contributed by atoms with E-state index >= 15 is 0 Å². The summed E-state index contributed by atoms with van der Waals surface area (Å²) in [5, 5.41) is 13.5. The number of halogens is 1.